The van der Waals surface area contributed by atoms with Crippen molar-refractivity contribution >= 4 is 0 Å². The Morgan fingerprint density at radius 3 is 2.20 bits per heavy atom. The van der Waals surface area contributed by atoms with Gasteiger partial charge in [0.15, 0.2) is 0 Å². The summed E-state index contributed by atoms with van der Waals surface area (Å²) in [6.07, 6.45) is 3.92. The third-order valence-corrected chi connectivity index (χ3v) is 4.92. The van der Waals surface area contributed by atoms with E-state index < -0.39 is 0 Å². The van der Waals surface area contributed by atoms with E-state index in [0.29, 0.717) is 0 Å². The molecule has 2 heteroatoms. The van der Waals surface area contributed by atoms with Crippen LogP contribution in [0.2, 0.25) is 0 Å². The lowest BCUT2D eigenvalue weighted by Gasteiger charge is -2.15. The van der Waals surface area contributed by atoms with E-state index in [1.807, 2.05) is 0 Å². The molecular formula is C18H28N2. The molecule has 20 heavy (non-hydrogen) atoms. The molecule has 2 aliphatic rings. The highest BCUT2D eigenvalue weighted by molar-refractivity contribution is 5.23. The second-order valence-corrected chi connectivity index (χ2v) is 6.94. The second kappa shape index (κ2) is 6.28. The summed E-state index contributed by atoms with van der Waals surface area (Å²) in [5.74, 6) is 1.70. The molecule has 1 aliphatic carbocycles. The number of hydrogen-bond acceptors (Lipinski definition) is 2. The van der Waals surface area contributed by atoms with Gasteiger partial charge in [0.05, 0.1) is 0 Å². The van der Waals surface area contributed by atoms with E-state index in [4.69, 9.17) is 0 Å². The topological polar surface area (TPSA) is 15.3 Å². The van der Waals surface area contributed by atoms with E-state index in [-0.39, 0.29) is 0 Å². The molecule has 2 nitrogen and oxygen atoms in total. The monoisotopic (exact) mass is 272 g/mol. The van der Waals surface area contributed by atoms with Gasteiger partial charge in [0.1, 0.15) is 0 Å². The highest BCUT2D eigenvalue weighted by atomic mass is 15.1. The van der Waals surface area contributed by atoms with Crippen LogP contribution in [0.1, 0.15) is 37.8 Å². The van der Waals surface area contributed by atoms with Gasteiger partial charge in [-0.05, 0) is 48.8 Å². The summed E-state index contributed by atoms with van der Waals surface area (Å²) in [5, 5.41) is 3.58. The van der Waals surface area contributed by atoms with Crippen molar-refractivity contribution in [1.82, 2.24) is 10.2 Å². The van der Waals surface area contributed by atoms with E-state index in [9.17, 15) is 0 Å². The Bertz CT molecular complexity index is 412. The fourth-order valence-electron chi connectivity index (χ4n) is 3.16. The average molecular weight is 272 g/mol. The molecule has 0 aromatic heterocycles. The zero-order chi connectivity index (χ0) is 13.9. The van der Waals surface area contributed by atoms with Gasteiger partial charge >= 0.3 is 0 Å². The van der Waals surface area contributed by atoms with Crippen LogP contribution in [-0.2, 0) is 13.0 Å². The smallest absolute Gasteiger partial charge is 0.0233 e. The molecule has 1 saturated carbocycles. The highest BCUT2D eigenvalue weighted by Crippen LogP contribution is 2.23. The molecule has 2 unspecified atom stereocenters. The minimum atomic E-state index is 0.827. The largest absolute Gasteiger partial charge is 0.314 e. The number of likely N-dealkylation sites (tertiary alicyclic amines) is 1. The van der Waals surface area contributed by atoms with Gasteiger partial charge in [0.2, 0.25) is 0 Å². The van der Waals surface area contributed by atoms with E-state index in [1.54, 1.807) is 0 Å². The van der Waals surface area contributed by atoms with Crippen LogP contribution in [-0.4, -0.2) is 30.6 Å². The van der Waals surface area contributed by atoms with Crippen LogP contribution in [0.25, 0.3) is 0 Å². The molecule has 1 saturated heterocycles. The molecule has 0 amide bonds. The molecule has 0 spiro atoms. The van der Waals surface area contributed by atoms with Crippen molar-refractivity contribution in [2.75, 3.05) is 19.6 Å². The molecule has 2 fully saturated rings. The van der Waals surface area contributed by atoms with E-state index in [0.717, 1.165) is 37.4 Å². The molecular weight excluding hydrogens is 244 g/mol. The first-order valence-corrected chi connectivity index (χ1v) is 8.24. The van der Waals surface area contributed by atoms with Gasteiger partial charge in [0.25, 0.3) is 0 Å². The standard InChI is InChI=1S/C18H28N2/c1-14-11-20(12-15(14)2)13-17-5-3-16(4-6-17)9-10-19-18-7-8-18/h3-6,14-15,18-19H,7-13H2,1-2H3. The third kappa shape index (κ3) is 3.83. The fraction of sp³-hybridized carbons (Fsp3) is 0.667. The molecule has 110 valence electrons. The molecule has 1 N–H and O–H groups in total. The first-order valence-electron chi connectivity index (χ1n) is 8.24. The summed E-state index contributed by atoms with van der Waals surface area (Å²) in [5.41, 5.74) is 2.93. The van der Waals surface area contributed by atoms with Crippen molar-refractivity contribution in [3.8, 4) is 0 Å². The Balaban J connectivity index is 1.45. The summed E-state index contributed by atoms with van der Waals surface area (Å²) in [4.78, 5) is 2.60. The summed E-state index contributed by atoms with van der Waals surface area (Å²) in [7, 11) is 0. The zero-order valence-corrected chi connectivity index (χ0v) is 12.9. The molecule has 0 bridgehead atoms. The first kappa shape index (κ1) is 14.1. The summed E-state index contributed by atoms with van der Waals surface area (Å²) >= 11 is 0. The van der Waals surface area contributed by atoms with Crippen molar-refractivity contribution in [3.05, 3.63) is 35.4 Å². The van der Waals surface area contributed by atoms with E-state index in [1.165, 1.54) is 37.1 Å². The van der Waals surface area contributed by atoms with Crippen LogP contribution in [0.15, 0.2) is 24.3 Å². The van der Waals surface area contributed by atoms with Crippen molar-refractivity contribution < 1.29 is 0 Å². The van der Waals surface area contributed by atoms with Crippen LogP contribution >= 0.6 is 0 Å². The predicted octanol–water partition coefficient (Wildman–Crippen LogP) is 3.07. The maximum absolute atomic E-state index is 3.58. The lowest BCUT2D eigenvalue weighted by molar-refractivity contribution is 0.316. The van der Waals surface area contributed by atoms with Gasteiger partial charge in [-0.2, -0.15) is 0 Å². The van der Waals surface area contributed by atoms with E-state index in [2.05, 4.69) is 48.3 Å². The normalized spacial score (nSPS) is 27.1. The van der Waals surface area contributed by atoms with Crippen molar-refractivity contribution in [2.24, 2.45) is 11.8 Å². The number of benzene rings is 1. The van der Waals surface area contributed by atoms with Crippen molar-refractivity contribution in [2.45, 2.75) is 45.7 Å². The summed E-state index contributed by atoms with van der Waals surface area (Å²) in [6, 6.07) is 10.1. The maximum atomic E-state index is 3.58. The number of rotatable bonds is 6. The molecule has 1 heterocycles. The predicted molar refractivity (Wildman–Crippen MR) is 84.8 cm³/mol. The number of nitrogens with zero attached hydrogens (tertiary/aromatic N) is 1. The Kier molecular flexibility index (Phi) is 4.42. The highest BCUT2D eigenvalue weighted by Gasteiger charge is 2.25. The van der Waals surface area contributed by atoms with Gasteiger partial charge in [0, 0.05) is 25.7 Å². The second-order valence-electron chi connectivity index (χ2n) is 6.94. The molecule has 1 aliphatic heterocycles. The summed E-state index contributed by atoms with van der Waals surface area (Å²) < 4.78 is 0. The van der Waals surface area contributed by atoms with Gasteiger partial charge < -0.3 is 5.32 Å². The molecule has 3 rings (SSSR count). The molecule has 1 aromatic rings. The Morgan fingerprint density at radius 1 is 1.00 bits per heavy atom. The fourth-order valence-corrected chi connectivity index (χ4v) is 3.16. The Hall–Kier alpha value is -0.860. The lowest BCUT2D eigenvalue weighted by atomic mass is 10.0. The van der Waals surface area contributed by atoms with Crippen LogP contribution in [0.4, 0.5) is 0 Å². The van der Waals surface area contributed by atoms with Crippen molar-refractivity contribution in [3.63, 3.8) is 0 Å². The Morgan fingerprint density at radius 2 is 1.60 bits per heavy atom. The number of nitrogens with one attached hydrogen (secondary N) is 1. The molecule has 1 aromatic carbocycles. The van der Waals surface area contributed by atoms with Gasteiger partial charge in [-0.3, -0.25) is 4.90 Å². The van der Waals surface area contributed by atoms with E-state index >= 15 is 0 Å². The molecule has 2 atom stereocenters. The van der Waals surface area contributed by atoms with Crippen LogP contribution in [0.3, 0.4) is 0 Å². The number of hydrogen-bond donors (Lipinski definition) is 1. The minimum Gasteiger partial charge on any atom is -0.314 e. The van der Waals surface area contributed by atoms with Gasteiger partial charge in [-0.15, -0.1) is 0 Å². The van der Waals surface area contributed by atoms with Crippen LogP contribution in [0, 0.1) is 11.8 Å². The van der Waals surface area contributed by atoms with Gasteiger partial charge in [-0.25, -0.2) is 0 Å². The SMILES string of the molecule is CC1CN(Cc2ccc(CCNC3CC3)cc2)CC1C. The van der Waals surface area contributed by atoms with Crippen LogP contribution in [0.5, 0.6) is 0 Å². The third-order valence-electron chi connectivity index (χ3n) is 4.92. The van der Waals surface area contributed by atoms with Crippen LogP contribution < -0.4 is 5.32 Å². The van der Waals surface area contributed by atoms with Gasteiger partial charge in [-0.1, -0.05) is 38.1 Å². The lowest BCUT2D eigenvalue weighted by Crippen LogP contribution is -2.20. The maximum Gasteiger partial charge on any atom is 0.0233 e. The summed E-state index contributed by atoms with van der Waals surface area (Å²) in [6.45, 7) is 9.52. The minimum absolute atomic E-state index is 0.827. The quantitative estimate of drug-likeness (QED) is 0.856. The first-order chi connectivity index (χ1) is 9.70. The van der Waals surface area contributed by atoms with Crippen molar-refractivity contribution in [1.29, 1.82) is 0 Å². The molecule has 0 radical (unpaired) electrons. The average Bonchev–Trinajstić information content (AvgIpc) is 3.19. The zero-order valence-electron chi connectivity index (χ0n) is 12.9. The Labute approximate surface area is 123 Å².